The fraction of sp³-hybridized carbons (Fsp3) is 0.312. The van der Waals surface area contributed by atoms with Crippen LogP contribution in [-0.4, -0.2) is 40.9 Å². The van der Waals surface area contributed by atoms with Crippen LogP contribution < -0.4 is 4.90 Å². The highest BCUT2D eigenvalue weighted by molar-refractivity contribution is 5.92. The minimum absolute atomic E-state index is 0.0820. The van der Waals surface area contributed by atoms with Gasteiger partial charge in [0.15, 0.2) is 5.82 Å². The van der Waals surface area contributed by atoms with E-state index in [4.69, 9.17) is 0 Å². The second-order valence-corrected chi connectivity index (χ2v) is 4.63. The van der Waals surface area contributed by atoms with Crippen LogP contribution in [0.2, 0.25) is 0 Å². The predicted octanol–water partition coefficient (Wildman–Crippen LogP) is 2.73. The Labute approximate surface area is 125 Å². The van der Waals surface area contributed by atoms with Crippen LogP contribution in [0.15, 0.2) is 42.7 Å². The summed E-state index contributed by atoms with van der Waals surface area (Å²) in [4.78, 5) is 24.4. The van der Waals surface area contributed by atoms with Gasteiger partial charge >= 0.3 is 0 Å². The number of hydrogen-bond acceptors (Lipinski definition) is 4. The van der Waals surface area contributed by atoms with Crippen molar-refractivity contribution >= 4 is 17.4 Å². The maximum Gasteiger partial charge on any atom is 0.274 e. The van der Waals surface area contributed by atoms with Gasteiger partial charge in [0.25, 0.3) is 5.91 Å². The molecule has 0 N–H and O–H groups in total. The first-order chi connectivity index (χ1) is 10.2. The first-order valence-corrected chi connectivity index (χ1v) is 7.07. The van der Waals surface area contributed by atoms with Crippen molar-refractivity contribution < 1.29 is 4.79 Å². The number of carbonyl (C=O) groups excluding carboxylic acids is 1. The molecule has 0 aliphatic rings. The normalized spacial score (nSPS) is 10.2. The van der Waals surface area contributed by atoms with E-state index >= 15 is 0 Å². The van der Waals surface area contributed by atoms with E-state index in [0.29, 0.717) is 24.6 Å². The van der Waals surface area contributed by atoms with Crippen LogP contribution in [0.25, 0.3) is 0 Å². The van der Waals surface area contributed by atoms with Gasteiger partial charge < -0.3 is 9.80 Å². The van der Waals surface area contributed by atoms with E-state index in [9.17, 15) is 4.79 Å². The van der Waals surface area contributed by atoms with Gasteiger partial charge in [0.2, 0.25) is 0 Å². The quantitative estimate of drug-likeness (QED) is 0.847. The molecule has 0 spiro atoms. The maximum absolute atomic E-state index is 12.2. The van der Waals surface area contributed by atoms with Crippen molar-refractivity contribution in [2.45, 2.75) is 13.8 Å². The van der Waals surface area contributed by atoms with Gasteiger partial charge in [0.05, 0.1) is 12.4 Å². The number of para-hydroxylation sites is 1. The smallest absolute Gasteiger partial charge is 0.274 e. The molecule has 21 heavy (non-hydrogen) atoms. The SMILES string of the molecule is CCN(CC)C(=O)c1cnc(N(C)c2ccccc2)cn1. The molecule has 1 heterocycles. The van der Waals surface area contributed by atoms with Gasteiger partial charge in [-0.25, -0.2) is 9.97 Å². The molecule has 0 fully saturated rings. The van der Waals surface area contributed by atoms with Crippen LogP contribution in [0.1, 0.15) is 24.3 Å². The summed E-state index contributed by atoms with van der Waals surface area (Å²) >= 11 is 0. The molecular formula is C16H20N4O. The van der Waals surface area contributed by atoms with Gasteiger partial charge in [0.1, 0.15) is 5.69 Å². The van der Waals surface area contributed by atoms with Crippen LogP contribution in [0.4, 0.5) is 11.5 Å². The van der Waals surface area contributed by atoms with Gasteiger partial charge in [-0.15, -0.1) is 0 Å². The van der Waals surface area contributed by atoms with E-state index < -0.39 is 0 Å². The van der Waals surface area contributed by atoms with Crippen molar-refractivity contribution in [2.75, 3.05) is 25.0 Å². The molecule has 1 amide bonds. The average molecular weight is 284 g/mol. The van der Waals surface area contributed by atoms with Crippen molar-refractivity contribution in [3.05, 3.63) is 48.4 Å². The van der Waals surface area contributed by atoms with E-state index in [2.05, 4.69) is 9.97 Å². The third-order valence-electron chi connectivity index (χ3n) is 3.40. The van der Waals surface area contributed by atoms with E-state index in [1.54, 1.807) is 11.1 Å². The summed E-state index contributed by atoms with van der Waals surface area (Å²) in [5, 5.41) is 0. The summed E-state index contributed by atoms with van der Waals surface area (Å²) in [5.74, 6) is 0.624. The van der Waals surface area contributed by atoms with E-state index in [1.807, 2.05) is 56.1 Å². The summed E-state index contributed by atoms with van der Waals surface area (Å²) in [6, 6.07) is 9.90. The molecule has 110 valence electrons. The fourth-order valence-corrected chi connectivity index (χ4v) is 2.06. The van der Waals surface area contributed by atoms with Crippen molar-refractivity contribution in [3.8, 4) is 0 Å². The first-order valence-electron chi connectivity index (χ1n) is 7.07. The molecule has 0 atom stereocenters. The summed E-state index contributed by atoms with van der Waals surface area (Å²) < 4.78 is 0. The second kappa shape index (κ2) is 6.83. The van der Waals surface area contributed by atoms with Gasteiger partial charge in [-0.3, -0.25) is 4.79 Å². The molecule has 1 aromatic carbocycles. The Morgan fingerprint density at radius 1 is 1.05 bits per heavy atom. The Morgan fingerprint density at radius 3 is 2.24 bits per heavy atom. The number of anilines is 2. The number of benzene rings is 1. The maximum atomic E-state index is 12.2. The zero-order valence-electron chi connectivity index (χ0n) is 12.7. The Bertz CT molecular complexity index is 579. The molecule has 5 nitrogen and oxygen atoms in total. The molecule has 0 saturated heterocycles. The van der Waals surface area contributed by atoms with Crippen LogP contribution in [0.5, 0.6) is 0 Å². The van der Waals surface area contributed by atoms with Crippen LogP contribution in [0.3, 0.4) is 0 Å². The molecular weight excluding hydrogens is 264 g/mol. The summed E-state index contributed by atoms with van der Waals surface area (Å²) in [6.45, 7) is 5.24. The average Bonchev–Trinajstić information content (AvgIpc) is 2.56. The number of nitrogens with zero attached hydrogens (tertiary/aromatic N) is 4. The van der Waals surface area contributed by atoms with Crippen molar-refractivity contribution in [1.29, 1.82) is 0 Å². The predicted molar refractivity (Wildman–Crippen MR) is 83.8 cm³/mol. The Hall–Kier alpha value is -2.43. The van der Waals surface area contributed by atoms with Crippen molar-refractivity contribution in [3.63, 3.8) is 0 Å². The summed E-state index contributed by atoms with van der Waals surface area (Å²) in [7, 11) is 1.92. The molecule has 2 rings (SSSR count). The minimum atomic E-state index is -0.0820. The van der Waals surface area contributed by atoms with Crippen LogP contribution >= 0.6 is 0 Å². The molecule has 0 unspecified atom stereocenters. The lowest BCUT2D eigenvalue weighted by atomic mass is 10.3. The fourth-order valence-electron chi connectivity index (χ4n) is 2.06. The van der Waals surface area contributed by atoms with E-state index in [-0.39, 0.29) is 5.91 Å². The summed E-state index contributed by atoms with van der Waals surface area (Å²) in [6.07, 6.45) is 3.17. The van der Waals surface area contributed by atoms with E-state index in [1.165, 1.54) is 6.20 Å². The minimum Gasteiger partial charge on any atom is -0.338 e. The van der Waals surface area contributed by atoms with Gasteiger partial charge in [-0.05, 0) is 26.0 Å². The third kappa shape index (κ3) is 3.37. The molecule has 0 radical (unpaired) electrons. The number of rotatable bonds is 5. The van der Waals surface area contributed by atoms with Gasteiger partial charge in [-0.2, -0.15) is 0 Å². The molecule has 2 aromatic rings. The van der Waals surface area contributed by atoms with E-state index in [0.717, 1.165) is 5.69 Å². The van der Waals surface area contributed by atoms with Crippen molar-refractivity contribution in [1.82, 2.24) is 14.9 Å². The van der Waals surface area contributed by atoms with Crippen LogP contribution in [-0.2, 0) is 0 Å². The highest BCUT2D eigenvalue weighted by Crippen LogP contribution is 2.20. The number of aromatic nitrogens is 2. The Balaban J connectivity index is 2.17. The lowest BCUT2D eigenvalue weighted by Crippen LogP contribution is -2.31. The monoisotopic (exact) mass is 284 g/mol. The zero-order valence-corrected chi connectivity index (χ0v) is 12.7. The second-order valence-electron chi connectivity index (χ2n) is 4.63. The molecule has 5 heteroatoms. The number of hydrogen-bond donors (Lipinski definition) is 0. The topological polar surface area (TPSA) is 49.3 Å². The molecule has 0 bridgehead atoms. The van der Waals surface area contributed by atoms with Crippen molar-refractivity contribution in [2.24, 2.45) is 0 Å². The van der Waals surface area contributed by atoms with Gasteiger partial charge in [0, 0.05) is 25.8 Å². The molecule has 0 aliphatic carbocycles. The highest BCUT2D eigenvalue weighted by atomic mass is 16.2. The third-order valence-corrected chi connectivity index (χ3v) is 3.40. The Kier molecular flexibility index (Phi) is 4.87. The molecule has 0 saturated carbocycles. The lowest BCUT2D eigenvalue weighted by molar-refractivity contribution is 0.0766. The lowest BCUT2D eigenvalue weighted by Gasteiger charge is -2.19. The highest BCUT2D eigenvalue weighted by Gasteiger charge is 2.15. The van der Waals surface area contributed by atoms with Crippen LogP contribution in [0, 0.1) is 0 Å². The molecule has 1 aromatic heterocycles. The number of amides is 1. The standard InChI is InChI=1S/C16H20N4O/c1-4-20(5-2)16(21)14-11-18-15(12-17-14)19(3)13-9-7-6-8-10-13/h6-12H,4-5H2,1-3H3. The number of carbonyl (C=O) groups is 1. The zero-order chi connectivity index (χ0) is 15.2. The first kappa shape index (κ1) is 15.0. The summed E-state index contributed by atoms with van der Waals surface area (Å²) in [5.41, 5.74) is 1.40. The largest absolute Gasteiger partial charge is 0.338 e. The molecule has 0 aliphatic heterocycles. The van der Waals surface area contributed by atoms with Gasteiger partial charge in [-0.1, -0.05) is 18.2 Å². The Morgan fingerprint density at radius 2 is 1.71 bits per heavy atom.